The Morgan fingerprint density at radius 3 is 2.84 bits per heavy atom. The minimum absolute atomic E-state index is 0.158. The van der Waals surface area contributed by atoms with Crippen LogP contribution in [-0.4, -0.2) is 21.8 Å². The van der Waals surface area contributed by atoms with Crippen LogP contribution in [0.3, 0.4) is 0 Å². The van der Waals surface area contributed by atoms with E-state index in [1.165, 1.54) is 17.8 Å². The third kappa shape index (κ3) is 2.79. The van der Waals surface area contributed by atoms with Gasteiger partial charge in [0.25, 0.3) is 0 Å². The monoisotopic (exact) mass is 297 g/mol. The zero-order valence-electron chi connectivity index (χ0n) is 10.4. The van der Waals surface area contributed by atoms with Crippen molar-refractivity contribution in [3.05, 3.63) is 34.6 Å². The summed E-state index contributed by atoms with van der Waals surface area (Å²) in [7, 11) is 0. The number of rotatable bonds is 4. The summed E-state index contributed by atoms with van der Waals surface area (Å²) in [5.41, 5.74) is 0.818. The molecule has 0 aliphatic rings. The lowest BCUT2D eigenvalue weighted by atomic mass is 10.2. The first-order valence-electron chi connectivity index (χ1n) is 5.67. The van der Waals surface area contributed by atoms with Gasteiger partial charge in [-0.1, -0.05) is 13.0 Å². The number of thiazole rings is 1. The van der Waals surface area contributed by atoms with E-state index in [0.717, 1.165) is 22.0 Å². The van der Waals surface area contributed by atoms with Crippen LogP contribution in [0.2, 0.25) is 0 Å². The molecule has 1 N–H and O–H groups in total. The molecular weight excluding hydrogens is 285 g/mol. The van der Waals surface area contributed by atoms with Gasteiger partial charge < -0.3 is 5.11 Å². The molecule has 1 aromatic carbocycles. The second-order valence-corrected chi connectivity index (χ2v) is 6.09. The standard InChI is InChI=1S/C13H12FNO2S2/c1-3-18-9-6-4-5-8(14)10(9)12-15-7(2)11(19-12)13(16)17/h4-6H,3H2,1-2H3,(H,16,17). The molecule has 0 saturated carbocycles. The van der Waals surface area contributed by atoms with Gasteiger partial charge in [-0.05, 0) is 24.8 Å². The van der Waals surface area contributed by atoms with Crippen molar-refractivity contribution in [1.82, 2.24) is 4.98 Å². The SMILES string of the molecule is CCSc1cccc(F)c1-c1nc(C)c(C(=O)O)s1. The van der Waals surface area contributed by atoms with E-state index in [4.69, 9.17) is 5.11 Å². The van der Waals surface area contributed by atoms with Gasteiger partial charge in [0.1, 0.15) is 15.7 Å². The number of hydrogen-bond acceptors (Lipinski definition) is 4. The van der Waals surface area contributed by atoms with E-state index in [2.05, 4.69) is 4.98 Å². The van der Waals surface area contributed by atoms with Gasteiger partial charge in [-0.25, -0.2) is 14.2 Å². The average Bonchev–Trinajstić information content (AvgIpc) is 2.71. The molecular formula is C13H12FNO2S2. The number of carbonyl (C=O) groups is 1. The molecule has 6 heteroatoms. The number of aryl methyl sites for hydroxylation is 1. The number of aromatic nitrogens is 1. The lowest BCUT2D eigenvalue weighted by molar-refractivity contribution is 0.0701. The van der Waals surface area contributed by atoms with Gasteiger partial charge in [0.15, 0.2) is 0 Å². The zero-order chi connectivity index (χ0) is 14.0. The van der Waals surface area contributed by atoms with Crippen molar-refractivity contribution in [1.29, 1.82) is 0 Å². The molecule has 0 fully saturated rings. The Morgan fingerprint density at radius 2 is 2.26 bits per heavy atom. The van der Waals surface area contributed by atoms with Crippen LogP contribution in [0.25, 0.3) is 10.6 Å². The van der Waals surface area contributed by atoms with Gasteiger partial charge in [-0.15, -0.1) is 23.1 Å². The fourth-order valence-corrected chi connectivity index (χ4v) is 3.54. The Morgan fingerprint density at radius 1 is 1.53 bits per heavy atom. The molecule has 0 amide bonds. The summed E-state index contributed by atoms with van der Waals surface area (Å²) in [5.74, 6) is -0.585. The van der Waals surface area contributed by atoms with Crippen LogP contribution in [0, 0.1) is 12.7 Å². The third-order valence-corrected chi connectivity index (χ3v) is 4.58. The van der Waals surface area contributed by atoms with Gasteiger partial charge in [0, 0.05) is 4.90 Å². The van der Waals surface area contributed by atoms with E-state index >= 15 is 0 Å². The maximum Gasteiger partial charge on any atom is 0.347 e. The molecule has 0 bridgehead atoms. The molecule has 1 heterocycles. The van der Waals surface area contributed by atoms with E-state index < -0.39 is 5.97 Å². The summed E-state index contributed by atoms with van der Waals surface area (Å²) in [6.45, 7) is 3.60. The Bertz CT molecular complexity index is 625. The van der Waals surface area contributed by atoms with Gasteiger partial charge in [0.05, 0.1) is 11.3 Å². The van der Waals surface area contributed by atoms with Gasteiger partial charge in [-0.2, -0.15) is 0 Å². The number of hydrogen-bond donors (Lipinski definition) is 1. The molecule has 2 rings (SSSR count). The normalized spacial score (nSPS) is 10.7. The first-order chi connectivity index (χ1) is 9.04. The molecule has 0 aliphatic carbocycles. The quantitative estimate of drug-likeness (QED) is 0.864. The van der Waals surface area contributed by atoms with Gasteiger partial charge >= 0.3 is 5.97 Å². The summed E-state index contributed by atoms with van der Waals surface area (Å²) in [6.07, 6.45) is 0. The molecule has 3 nitrogen and oxygen atoms in total. The molecule has 0 spiro atoms. The molecule has 100 valence electrons. The van der Waals surface area contributed by atoms with Crippen molar-refractivity contribution in [3.63, 3.8) is 0 Å². The van der Waals surface area contributed by atoms with Crippen molar-refractivity contribution in [2.75, 3.05) is 5.75 Å². The zero-order valence-corrected chi connectivity index (χ0v) is 12.1. The molecule has 0 unspecified atom stereocenters. The van der Waals surface area contributed by atoms with E-state index in [9.17, 15) is 9.18 Å². The lowest BCUT2D eigenvalue weighted by Gasteiger charge is -2.06. The smallest absolute Gasteiger partial charge is 0.347 e. The maximum absolute atomic E-state index is 14.0. The molecule has 0 saturated heterocycles. The fraction of sp³-hybridized carbons (Fsp3) is 0.231. The van der Waals surface area contributed by atoms with Crippen molar-refractivity contribution in [2.45, 2.75) is 18.7 Å². The Kier molecular flexibility index (Phi) is 4.21. The number of halogens is 1. The molecule has 19 heavy (non-hydrogen) atoms. The molecule has 0 atom stereocenters. The third-order valence-electron chi connectivity index (χ3n) is 2.48. The first-order valence-corrected chi connectivity index (χ1v) is 7.47. The Balaban J connectivity index is 2.58. The number of nitrogens with zero attached hydrogens (tertiary/aromatic N) is 1. The second kappa shape index (κ2) is 5.71. The highest BCUT2D eigenvalue weighted by atomic mass is 32.2. The first kappa shape index (κ1) is 14.0. The Hall–Kier alpha value is -1.40. The van der Waals surface area contributed by atoms with Crippen LogP contribution >= 0.6 is 23.1 Å². The second-order valence-electron chi connectivity index (χ2n) is 3.78. The minimum Gasteiger partial charge on any atom is -0.477 e. The highest BCUT2D eigenvalue weighted by Crippen LogP contribution is 2.36. The van der Waals surface area contributed by atoms with Crippen molar-refractivity contribution in [2.24, 2.45) is 0 Å². The highest BCUT2D eigenvalue weighted by Gasteiger charge is 2.19. The van der Waals surface area contributed by atoms with E-state index in [-0.39, 0.29) is 10.7 Å². The number of carboxylic acid groups (broad SMARTS) is 1. The maximum atomic E-state index is 14.0. The van der Waals surface area contributed by atoms with Crippen molar-refractivity contribution >= 4 is 29.1 Å². The van der Waals surface area contributed by atoms with Crippen LogP contribution in [0.15, 0.2) is 23.1 Å². The van der Waals surface area contributed by atoms with Crippen molar-refractivity contribution < 1.29 is 14.3 Å². The molecule has 0 aliphatic heterocycles. The van der Waals surface area contributed by atoms with Crippen LogP contribution in [0.1, 0.15) is 22.3 Å². The average molecular weight is 297 g/mol. The number of thioether (sulfide) groups is 1. The molecule has 0 radical (unpaired) electrons. The van der Waals surface area contributed by atoms with Crippen LogP contribution in [0.4, 0.5) is 4.39 Å². The summed E-state index contributed by atoms with van der Waals surface area (Å²) in [4.78, 5) is 16.2. The van der Waals surface area contributed by atoms with Crippen molar-refractivity contribution in [3.8, 4) is 10.6 Å². The van der Waals surface area contributed by atoms with E-state index in [0.29, 0.717) is 16.3 Å². The van der Waals surface area contributed by atoms with E-state index in [1.807, 2.05) is 13.0 Å². The van der Waals surface area contributed by atoms with Gasteiger partial charge in [-0.3, -0.25) is 0 Å². The minimum atomic E-state index is -1.03. The number of aromatic carboxylic acids is 1. The van der Waals surface area contributed by atoms with Crippen LogP contribution < -0.4 is 0 Å². The van der Waals surface area contributed by atoms with Gasteiger partial charge in [0.2, 0.25) is 0 Å². The summed E-state index contributed by atoms with van der Waals surface area (Å²) >= 11 is 2.52. The van der Waals surface area contributed by atoms with E-state index in [1.54, 1.807) is 13.0 Å². The number of benzene rings is 1. The predicted octanol–water partition coefficient (Wildman–Crippen LogP) is 4.07. The Labute approximate surface area is 118 Å². The topological polar surface area (TPSA) is 50.2 Å². The summed E-state index contributed by atoms with van der Waals surface area (Å²) < 4.78 is 14.0. The fourth-order valence-electron chi connectivity index (χ4n) is 1.69. The largest absolute Gasteiger partial charge is 0.477 e. The predicted molar refractivity (Wildman–Crippen MR) is 75.6 cm³/mol. The summed E-state index contributed by atoms with van der Waals surface area (Å²) in [5, 5.41) is 9.46. The molecule has 1 aromatic heterocycles. The number of carboxylic acids is 1. The highest BCUT2D eigenvalue weighted by molar-refractivity contribution is 7.99. The lowest BCUT2D eigenvalue weighted by Crippen LogP contribution is -1.94. The molecule has 2 aromatic rings. The summed E-state index contributed by atoms with van der Waals surface area (Å²) in [6, 6.07) is 4.84. The van der Waals surface area contributed by atoms with Crippen LogP contribution in [0.5, 0.6) is 0 Å². The van der Waals surface area contributed by atoms with Crippen LogP contribution in [-0.2, 0) is 0 Å².